The molecule has 0 radical (unpaired) electrons. The third-order valence-electron chi connectivity index (χ3n) is 4.34. The fraction of sp³-hybridized carbons (Fsp3) is 0.130. The van der Waals surface area contributed by atoms with Crippen LogP contribution in [0, 0.1) is 6.92 Å². The molecule has 0 bridgehead atoms. The number of amides is 2. The normalized spacial score (nSPS) is 11.2. The van der Waals surface area contributed by atoms with Gasteiger partial charge in [0.2, 0.25) is 5.91 Å². The van der Waals surface area contributed by atoms with Gasteiger partial charge in [0.25, 0.3) is 5.91 Å². The van der Waals surface area contributed by atoms with Crippen molar-refractivity contribution in [1.29, 1.82) is 0 Å². The molecule has 0 atom stereocenters. The average Bonchev–Trinajstić information content (AvgIpc) is 2.73. The zero-order chi connectivity index (χ0) is 23.3. The van der Waals surface area contributed by atoms with E-state index in [0.29, 0.717) is 16.1 Å². The summed E-state index contributed by atoms with van der Waals surface area (Å²) in [4.78, 5) is 25.3. The molecular formula is C23H18ClF3N2O2S. The van der Waals surface area contributed by atoms with E-state index in [4.69, 9.17) is 11.6 Å². The highest BCUT2D eigenvalue weighted by molar-refractivity contribution is 8.00. The topological polar surface area (TPSA) is 58.2 Å². The number of carbonyl (C=O) groups is 2. The molecule has 0 spiro atoms. The van der Waals surface area contributed by atoms with Gasteiger partial charge in [0.15, 0.2) is 0 Å². The first-order valence-corrected chi connectivity index (χ1v) is 10.8. The van der Waals surface area contributed by atoms with Crippen molar-refractivity contribution in [2.24, 2.45) is 0 Å². The van der Waals surface area contributed by atoms with Crippen LogP contribution in [0.25, 0.3) is 0 Å². The number of thioether (sulfide) groups is 1. The van der Waals surface area contributed by atoms with Gasteiger partial charge in [-0.25, -0.2) is 0 Å². The fourth-order valence-electron chi connectivity index (χ4n) is 2.77. The van der Waals surface area contributed by atoms with Crippen molar-refractivity contribution in [2.75, 3.05) is 16.4 Å². The van der Waals surface area contributed by atoms with Crippen LogP contribution in [0.4, 0.5) is 24.5 Å². The quantitative estimate of drug-likeness (QED) is 0.390. The van der Waals surface area contributed by atoms with Gasteiger partial charge in [-0.3, -0.25) is 9.59 Å². The molecule has 0 aliphatic rings. The highest BCUT2D eigenvalue weighted by atomic mass is 35.5. The van der Waals surface area contributed by atoms with Crippen LogP contribution in [0.1, 0.15) is 21.5 Å². The number of aryl methyl sites for hydroxylation is 1. The Morgan fingerprint density at radius 2 is 1.69 bits per heavy atom. The molecule has 2 amide bonds. The fourth-order valence-corrected chi connectivity index (χ4v) is 3.69. The second-order valence-corrected chi connectivity index (χ2v) is 8.36. The maximum absolute atomic E-state index is 13.2. The Bertz CT molecular complexity index is 1130. The van der Waals surface area contributed by atoms with E-state index >= 15 is 0 Å². The van der Waals surface area contributed by atoms with Crippen molar-refractivity contribution in [3.8, 4) is 0 Å². The van der Waals surface area contributed by atoms with Crippen LogP contribution in [0.5, 0.6) is 0 Å². The average molecular weight is 479 g/mol. The molecule has 3 rings (SSSR count). The van der Waals surface area contributed by atoms with Crippen molar-refractivity contribution < 1.29 is 22.8 Å². The monoisotopic (exact) mass is 478 g/mol. The van der Waals surface area contributed by atoms with Gasteiger partial charge in [0.1, 0.15) is 0 Å². The van der Waals surface area contributed by atoms with Crippen LogP contribution in [0.2, 0.25) is 5.02 Å². The molecule has 4 nitrogen and oxygen atoms in total. The number of rotatable bonds is 6. The van der Waals surface area contributed by atoms with Crippen LogP contribution in [0.15, 0.2) is 71.6 Å². The SMILES string of the molecule is Cc1ccc(C(=O)Nc2cccc(SCC(=O)Nc3ccc(Cl)cc3C(F)(F)F)c2)cc1. The van der Waals surface area contributed by atoms with Gasteiger partial charge in [0.05, 0.1) is 17.0 Å². The molecule has 0 unspecified atom stereocenters. The summed E-state index contributed by atoms with van der Waals surface area (Å²) in [7, 11) is 0. The first kappa shape index (κ1) is 23.7. The Morgan fingerprint density at radius 3 is 2.38 bits per heavy atom. The minimum Gasteiger partial charge on any atom is -0.325 e. The molecule has 3 aromatic rings. The van der Waals surface area contributed by atoms with E-state index < -0.39 is 17.6 Å². The van der Waals surface area contributed by atoms with Gasteiger partial charge in [0, 0.05) is 21.2 Å². The van der Waals surface area contributed by atoms with Crippen molar-refractivity contribution in [3.05, 3.63) is 88.4 Å². The standard InChI is InChI=1S/C23H18ClF3N2O2S/c1-14-5-7-15(8-6-14)22(31)28-17-3-2-4-18(12-17)32-13-21(30)29-20-10-9-16(24)11-19(20)23(25,26)27/h2-12H,13H2,1H3,(H,28,31)(H,29,30). The number of benzene rings is 3. The minimum absolute atomic E-state index is 0.0748. The summed E-state index contributed by atoms with van der Waals surface area (Å²) >= 11 is 6.78. The summed E-state index contributed by atoms with van der Waals surface area (Å²) in [6.45, 7) is 1.93. The Hall–Kier alpha value is -2.97. The molecule has 0 saturated heterocycles. The molecule has 2 N–H and O–H groups in total. The maximum atomic E-state index is 13.2. The summed E-state index contributed by atoms with van der Waals surface area (Å²) in [5.74, 6) is -0.987. The van der Waals surface area contributed by atoms with Gasteiger partial charge in [-0.15, -0.1) is 11.8 Å². The number of nitrogens with one attached hydrogen (secondary N) is 2. The number of carbonyl (C=O) groups excluding carboxylic acids is 2. The Kier molecular flexibility index (Phi) is 7.48. The van der Waals surface area contributed by atoms with Crippen LogP contribution >= 0.6 is 23.4 Å². The molecule has 9 heteroatoms. The predicted octanol–water partition coefficient (Wildman–Crippen LogP) is 6.65. The van der Waals surface area contributed by atoms with E-state index in [-0.39, 0.29) is 22.4 Å². The van der Waals surface area contributed by atoms with Crippen molar-refractivity contribution >= 4 is 46.6 Å². The lowest BCUT2D eigenvalue weighted by Gasteiger charge is -2.14. The third-order valence-corrected chi connectivity index (χ3v) is 5.57. The molecule has 3 aromatic carbocycles. The molecule has 0 aromatic heterocycles. The first-order chi connectivity index (χ1) is 15.1. The maximum Gasteiger partial charge on any atom is 0.418 e. The lowest BCUT2D eigenvalue weighted by atomic mass is 10.1. The zero-order valence-electron chi connectivity index (χ0n) is 16.8. The summed E-state index contributed by atoms with van der Waals surface area (Å²) in [5, 5.41) is 4.99. The minimum atomic E-state index is -4.65. The van der Waals surface area contributed by atoms with Crippen LogP contribution in [0.3, 0.4) is 0 Å². The second kappa shape index (κ2) is 10.1. The van der Waals surface area contributed by atoms with Gasteiger partial charge in [-0.05, 0) is 55.5 Å². The van der Waals surface area contributed by atoms with E-state index in [1.807, 2.05) is 19.1 Å². The third kappa shape index (κ3) is 6.51. The van der Waals surface area contributed by atoms with Gasteiger partial charge in [-0.2, -0.15) is 13.2 Å². The zero-order valence-corrected chi connectivity index (χ0v) is 18.4. The molecule has 166 valence electrons. The Labute approximate surface area is 192 Å². The van der Waals surface area contributed by atoms with Crippen molar-refractivity contribution in [3.63, 3.8) is 0 Å². The van der Waals surface area contributed by atoms with Crippen molar-refractivity contribution in [2.45, 2.75) is 18.0 Å². The second-order valence-electron chi connectivity index (χ2n) is 6.87. The lowest BCUT2D eigenvalue weighted by Crippen LogP contribution is -2.18. The molecule has 0 saturated carbocycles. The lowest BCUT2D eigenvalue weighted by molar-refractivity contribution is -0.137. The number of hydrogen-bond acceptors (Lipinski definition) is 3. The predicted molar refractivity (Wildman–Crippen MR) is 121 cm³/mol. The first-order valence-electron chi connectivity index (χ1n) is 9.39. The summed E-state index contributed by atoms with van der Waals surface area (Å²) < 4.78 is 39.5. The Balaban J connectivity index is 1.61. The van der Waals surface area contributed by atoms with Gasteiger partial charge in [-0.1, -0.05) is 35.4 Å². The van der Waals surface area contributed by atoms with Crippen molar-refractivity contribution in [1.82, 2.24) is 0 Å². The summed E-state index contributed by atoms with van der Waals surface area (Å²) in [5.41, 5.74) is 0.726. The summed E-state index contributed by atoms with van der Waals surface area (Å²) in [6, 6.07) is 17.1. The molecular weight excluding hydrogens is 461 g/mol. The highest BCUT2D eigenvalue weighted by Gasteiger charge is 2.34. The molecule has 0 fully saturated rings. The van der Waals surface area contributed by atoms with Crippen LogP contribution < -0.4 is 10.6 Å². The van der Waals surface area contributed by atoms with Gasteiger partial charge >= 0.3 is 6.18 Å². The van der Waals surface area contributed by atoms with E-state index in [1.54, 1.807) is 36.4 Å². The smallest absolute Gasteiger partial charge is 0.325 e. The number of halogens is 4. The molecule has 0 heterocycles. The largest absolute Gasteiger partial charge is 0.418 e. The highest BCUT2D eigenvalue weighted by Crippen LogP contribution is 2.36. The van der Waals surface area contributed by atoms with Crippen LogP contribution in [-0.4, -0.2) is 17.6 Å². The van der Waals surface area contributed by atoms with Crippen LogP contribution in [-0.2, 0) is 11.0 Å². The molecule has 0 aliphatic carbocycles. The number of hydrogen-bond donors (Lipinski definition) is 2. The van der Waals surface area contributed by atoms with E-state index in [2.05, 4.69) is 10.6 Å². The summed E-state index contributed by atoms with van der Waals surface area (Å²) in [6.07, 6.45) is -4.65. The Morgan fingerprint density at radius 1 is 0.969 bits per heavy atom. The number of anilines is 2. The number of alkyl halides is 3. The van der Waals surface area contributed by atoms with E-state index in [9.17, 15) is 22.8 Å². The van der Waals surface area contributed by atoms with E-state index in [0.717, 1.165) is 29.5 Å². The molecule has 0 aliphatic heterocycles. The molecule has 32 heavy (non-hydrogen) atoms. The van der Waals surface area contributed by atoms with E-state index in [1.165, 1.54) is 6.07 Å². The van der Waals surface area contributed by atoms with Gasteiger partial charge < -0.3 is 10.6 Å².